The fourth-order valence-corrected chi connectivity index (χ4v) is 4.58. The van der Waals surface area contributed by atoms with Crippen LogP contribution in [0.1, 0.15) is 27.4 Å². The van der Waals surface area contributed by atoms with E-state index in [0.29, 0.717) is 11.3 Å². The normalized spacial score (nSPS) is 11.4. The first kappa shape index (κ1) is 20.8. The highest BCUT2D eigenvalue weighted by Crippen LogP contribution is 2.24. The van der Waals surface area contributed by atoms with Gasteiger partial charge in [0.1, 0.15) is 5.69 Å². The molecule has 7 heteroatoms. The van der Waals surface area contributed by atoms with Gasteiger partial charge in [-0.1, -0.05) is 30.3 Å². The summed E-state index contributed by atoms with van der Waals surface area (Å²) in [6.45, 7) is 5.93. The molecule has 5 rings (SSSR count). The number of nitrogens with zero attached hydrogens (tertiary/aromatic N) is 5. The van der Waals surface area contributed by atoms with Crippen molar-refractivity contribution in [1.29, 1.82) is 0 Å². The van der Waals surface area contributed by atoms with Crippen molar-refractivity contribution in [2.75, 3.05) is 0 Å². The van der Waals surface area contributed by atoms with Gasteiger partial charge in [-0.2, -0.15) is 0 Å². The number of carbonyl (C=O) groups excluding carboxylic acids is 1. The molecule has 0 aliphatic heterocycles. The number of rotatable bonds is 5. The Hall–Kier alpha value is -4.13. The van der Waals surface area contributed by atoms with E-state index in [4.69, 9.17) is 0 Å². The lowest BCUT2D eigenvalue weighted by molar-refractivity contribution is 0.0973. The average molecular weight is 440 g/mol. The molecule has 0 fully saturated rings. The van der Waals surface area contributed by atoms with Crippen molar-refractivity contribution in [3.05, 3.63) is 100.0 Å². The fraction of sp³-hybridized carbons (Fsp3) is 0.192. The van der Waals surface area contributed by atoms with E-state index >= 15 is 0 Å². The number of benzene rings is 2. The van der Waals surface area contributed by atoms with Crippen molar-refractivity contribution in [3.8, 4) is 11.4 Å². The van der Waals surface area contributed by atoms with E-state index in [1.54, 1.807) is 11.0 Å². The van der Waals surface area contributed by atoms with Gasteiger partial charge in [-0.25, -0.2) is 9.67 Å². The maximum atomic E-state index is 13.5. The molecule has 0 unspecified atom stereocenters. The molecule has 0 spiro atoms. The number of Topliss-reactive ketones (excluding diaryl/α,β-unsaturated/α-hetero) is 1. The number of aryl methyl sites for hydroxylation is 1. The quantitative estimate of drug-likeness (QED) is 0.387. The Bertz CT molecular complexity index is 1560. The van der Waals surface area contributed by atoms with Crippen LogP contribution in [0.5, 0.6) is 0 Å². The number of carbonyl (C=O) groups is 1. The number of fused-ring (bicyclic) bond motifs is 1. The van der Waals surface area contributed by atoms with Crippen LogP contribution in [-0.4, -0.2) is 29.3 Å². The first-order chi connectivity index (χ1) is 15.9. The Labute approximate surface area is 191 Å². The minimum atomic E-state index is -0.123. The molecule has 0 saturated heterocycles. The zero-order valence-corrected chi connectivity index (χ0v) is 19.1. The minimum absolute atomic E-state index is 0.0190. The second kappa shape index (κ2) is 7.78. The number of hydrogen-bond acceptors (Lipinski definition) is 3. The highest BCUT2D eigenvalue weighted by Gasteiger charge is 2.24. The lowest BCUT2D eigenvalue weighted by atomic mass is 10.1. The minimum Gasteiger partial charge on any atom is -0.323 e. The number of aromatic nitrogens is 5. The Balaban J connectivity index is 1.58. The van der Waals surface area contributed by atoms with E-state index in [1.165, 1.54) is 0 Å². The van der Waals surface area contributed by atoms with E-state index in [1.807, 2.05) is 102 Å². The molecule has 0 saturated carbocycles. The molecule has 5 aromatic rings. The van der Waals surface area contributed by atoms with Gasteiger partial charge in [0.15, 0.2) is 5.78 Å². The molecule has 7 nitrogen and oxygen atoms in total. The van der Waals surface area contributed by atoms with Crippen LogP contribution in [0.15, 0.2) is 71.8 Å². The van der Waals surface area contributed by atoms with Gasteiger partial charge in [0.2, 0.25) is 0 Å². The molecule has 0 aliphatic rings. The van der Waals surface area contributed by atoms with Gasteiger partial charge in [0.05, 0.1) is 35.3 Å². The summed E-state index contributed by atoms with van der Waals surface area (Å²) < 4.78 is 7.27. The lowest BCUT2D eigenvalue weighted by Gasteiger charge is -2.09. The second-order valence-corrected chi connectivity index (χ2v) is 8.31. The Kier molecular flexibility index (Phi) is 4.89. The van der Waals surface area contributed by atoms with Gasteiger partial charge in [0, 0.05) is 24.0 Å². The number of para-hydroxylation sites is 3. The lowest BCUT2D eigenvalue weighted by Crippen LogP contribution is -2.22. The first-order valence-corrected chi connectivity index (χ1v) is 10.8. The molecule has 3 heterocycles. The molecular weight excluding hydrogens is 414 g/mol. The van der Waals surface area contributed by atoms with Crippen LogP contribution in [0.3, 0.4) is 0 Å². The summed E-state index contributed by atoms with van der Waals surface area (Å²) >= 11 is 0. The predicted molar refractivity (Wildman–Crippen MR) is 129 cm³/mol. The maximum absolute atomic E-state index is 13.5. The van der Waals surface area contributed by atoms with Gasteiger partial charge < -0.3 is 9.13 Å². The standard InChI is InChI=1S/C26H25N5O2/c1-17-14-21(24(32)15-29-16-27-22-12-8-9-13-23(22)29)18(2)30(17)25-19(3)28(4)31(26(25)33)20-10-6-5-7-11-20/h5-14,16H,15H2,1-4H3. The number of hydrogen-bond donors (Lipinski definition) is 0. The Morgan fingerprint density at radius 1 is 0.939 bits per heavy atom. The molecule has 3 aromatic heterocycles. The van der Waals surface area contributed by atoms with Crippen LogP contribution in [0.25, 0.3) is 22.4 Å². The van der Waals surface area contributed by atoms with E-state index in [-0.39, 0.29) is 17.9 Å². The second-order valence-electron chi connectivity index (χ2n) is 8.31. The monoisotopic (exact) mass is 439 g/mol. The maximum Gasteiger partial charge on any atom is 0.295 e. The van der Waals surface area contributed by atoms with Crippen LogP contribution in [0.2, 0.25) is 0 Å². The molecule has 0 amide bonds. The van der Waals surface area contributed by atoms with E-state index in [0.717, 1.165) is 33.8 Å². The van der Waals surface area contributed by atoms with Crippen molar-refractivity contribution in [2.24, 2.45) is 7.05 Å². The number of imidazole rings is 1. The van der Waals surface area contributed by atoms with Crippen molar-refractivity contribution < 1.29 is 4.79 Å². The summed E-state index contributed by atoms with van der Waals surface area (Å²) in [5.41, 5.74) is 6.05. The van der Waals surface area contributed by atoms with Crippen LogP contribution in [-0.2, 0) is 13.6 Å². The first-order valence-electron chi connectivity index (χ1n) is 10.8. The van der Waals surface area contributed by atoms with E-state index in [9.17, 15) is 9.59 Å². The van der Waals surface area contributed by atoms with Gasteiger partial charge >= 0.3 is 0 Å². The van der Waals surface area contributed by atoms with Gasteiger partial charge in [-0.05, 0) is 51.1 Å². The molecule has 166 valence electrons. The Morgan fingerprint density at radius 2 is 1.64 bits per heavy atom. The summed E-state index contributed by atoms with van der Waals surface area (Å²) in [7, 11) is 1.87. The fourth-order valence-electron chi connectivity index (χ4n) is 4.58. The molecule has 0 atom stereocenters. The molecule has 2 aromatic carbocycles. The molecule has 0 aliphatic carbocycles. The van der Waals surface area contributed by atoms with Crippen molar-refractivity contribution in [1.82, 2.24) is 23.5 Å². The van der Waals surface area contributed by atoms with Gasteiger partial charge in [-0.3, -0.25) is 14.3 Å². The number of ketones is 1. The zero-order chi connectivity index (χ0) is 23.3. The summed E-state index contributed by atoms with van der Waals surface area (Å²) in [5, 5.41) is 0. The van der Waals surface area contributed by atoms with Crippen LogP contribution in [0, 0.1) is 20.8 Å². The smallest absolute Gasteiger partial charge is 0.295 e. The SMILES string of the molecule is Cc1cc(C(=O)Cn2cnc3ccccc32)c(C)n1-c1c(C)n(C)n(-c2ccccc2)c1=O. The summed E-state index contributed by atoms with van der Waals surface area (Å²) in [6, 6.07) is 19.2. The third-order valence-electron chi connectivity index (χ3n) is 6.32. The van der Waals surface area contributed by atoms with Gasteiger partial charge in [0.25, 0.3) is 5.56 Å². The third-order valence-corrected chi connectivity index (χ3v) is 6.32. The zero-order valence-electron chi connectivity index (χ0n) is 19.1. The van der Waals surface area contributed by atoms with Crippen LogP contribution < -0.4 is 5.56 Å². The summed E-state index contributed by atoms with van der Waals surface area (Å²) in [5.74, 6) is -0.0190. The highest BCUT2D eigenvalue weighted by atomic mass is 16.1. The molecular formula is C26H25N5O2. The molecule has 33 heavy (non-hydrogen) atoms. The molecule has 0 bridgehead atoms. The van der Waals surface area contributed by atoms with Crippen LogP contribution >= 0.6 is 0 Å². The van der Waals surface area contributed by atoms with Gasteiger partial charge in [-0.15, -0.1) is 0 Å². The topological polar surface area (TPSA) is 66.8 Å². The highest BCUT2D eigenvalue weighted by molar-refractivity contribution is 5.98. The van der Waals surface area contributed by atoms with Crippen molar-refractivity contribution >= 4 is 16.8 Å². The largest absolute Gasteiger partial charge is 0.323 e. The van der Waals surface area contributed by atoms with E-state index in [2.05, 4.69) is 4.98 Å². The predicted octanol–water partition coefficient (Wildman–Crippen LogP) is 4.12. The third kappa shape index (κ3) is 3.24. The summed E-state index contributed by atoms with van der Waals surface area (Å²) in [6.07, 6.45) is 1.70. The van der Waals surface area contributed by atoms with Crippen LogP contribution in [0.4, 0.5) is 0 Å². The summed E-state index contributed by atoms with van der Waals surface area (Å²) in [4.78, 5) is 31.2. The molecule has 0 radical (unpaired) electrons. The Morgan fingerprint density at radius 3 is 2.39 bits per heavy atom. The average Bonchev–Trinajstić information content (AvgIpc) is 3.42. The van der Waals surface area contributed by atoms with Crippen molar-refractivity contribution in [2.45, 2.75) is 27.3 Å². The molecule has 0 N–H and O–H groups in total. The van der Waals surface area contributed by atoms with Crippen molar-refractivity contribution in [3.63, 3.8) is 0 Å². The van der Waals surface area contributed by atoms with E-state index < -0.39 is 0 Å².